The van der Waals surface area contributed by atoms with Crippen molar-refractivity contribution in [3.8, 4) is 6.07 Å². The zero-order valence-corrected chi connectivity index (χ0v) is 9.18. The summed E-state index contributed by atoms with van der Waals surface area (Å²) < 4.78 is 38.0. The van der Waals surface area contributed by atoms with Crippen molar-refractivity contribution in [3.63, 3.8) is 0 Å². The summed E-state index contributed by atoms with van der Waals surface area (Å²) in [4.78, 5) is 3.55. The van der Waals surface area contributed by atoms with E-state index in [0.717, 1.165) is 12.1 Å². The standard InChI is InChI=1S/C10H7ClF3N3/c11-4-9(16)17-8-2-1-6(5-15)3-7(8)10(12,13)14/h1-3H,4H2,(H2,16,17). The summed E-state index contributed by atoms with van der Waals surface area (Å²) in [6.07, 6.45) is -4.60. The van der Waals surface area contributed by atoms with Crippen LogP contribution in [-0.2, 0) is 6.18 Å². The van der Waals surface area contributed by atoms with E-state index in [9.17, 15) is 13.2 Å². The van der Waals surface area contributed by atoms with E-state index in [4.69, 9.17) is 22.6 Å². The molecule has 0 saturated heterocycles. The van der Waals surface area contributed by atoms with E-state index in [1.165, 1.54) is 6.07 Å². The third kappa shape index (κ3) is 3.36. The number of hydrogen-bond acceptors (Lipinski definition) is 2. The smallest absolute Gasteiger partial charge is 0.386 e. The Balaban J connectivity index is 3.37. The van der Waals surface area contributed by atoms with Gasteiger partial charge in [0.1, 0.15) is 5.84 Å². The molecular weight excluding hydrogens is 255 g/mol. The normalized spacial score (nSPS) is 12.3. The molecule has 1 aromatic carbocycles. The fourth-order valence-corrected chi connectivity index (χ4v) is 1.17. The highest BCUT2D eigenvalue weighted by molar-refractivity contribution is 6.28. The molecule has 3 nitrogen and oxygen atoms in total. The maximum atomic E-state index is 12.7. The summed E-state index contributed by atoms with van der Waals surface area (Å²) >= 11 is 5.34. The Morgan fingerprint density at radius 2 is 2.12 bits per heavy atom. The monoisotopic (exact) mass is 261 g/mol. The van der Waals surface area contributed by atoms with Gasteiger partial charge in [-0.3, -0.25) is 0 Å². The average Bonchev–Trinajstić information content (AvgIpc) is 2.28. The predicted molar refractivity (Wildman–Crippen MR) is 58.2 cm³/mol. The molecule has 1 aromatic rings. The number of benzene rings is 1. The van der Waals surface area contributed by atoms with Gasteiger partial charge in [-0.1, -0.05) is 0 Å². The Morgan fingerprint density at radius 3 is 2.59 bits per heavy atom. The van der Waals surface area contributed by atoms with Crippen molar-refractivity contribution < 1.29 is 13.2 Å². The van der Waals surface area contributed by atoms with Crippen molar-refractivity contribution in [2.24, 2.45) is 10.7 Å². The molecule has 0 bridgehead atoms. The minimum absolute atomic E-state index is 0.0966. The summed E-state index contributed by atoms with van der Waals surface area (Å²) in [5.41, 5.74) is 3.82. The van der Waals surface area contributed by atoms with Crippen LogP contribution in [0.4, 0.5) is 18.9 Å². The van der Waals surface area contributed by atoms with Gasteiger partial charge in [0.25, 0.3) is 0 Å². The second-order valence-electron chi connectivity index (χ2n) is 3.08. The summed E-state index contributed by atoms with van der Waals surface area (Å²) in [5, 5.41) is 8.55. The molecule has 0 aliphatic carbocycles. The quantitative estimate of drug-likeness (QED) is 0.505. The molecule has 2 N–H and O–H groups in total. The first-order chi connectivity index (χ1) is 7.88. The molecular formula is C10H7ClF3N3. The van der Waals surface area contributed by atoms with Crippen molar-refractivity contribution in [1.29, 1.82) is 5.26 Å². The van der Waals surface area contributed by atoms with Crippen LogP contribution in [0.25, 0.3) is 0 Å². The first kappa shape index (κ1) is 13.3. The molecule has 7 heteroatoms. The van der Waals surface area contributed by atoms with Crippen molar-refractivity contribution in [3.05, 3.63) is 29.3 Å². The topological polar surface area (TPSA) is 62.2 Å². The number of amidine groups is 1. The molecule has 90 valence electrons. The van der Waals surface area contributed by atoms with Gasteiger partial charge in [-0.15, -0.1) is 11.6 Å². The van der Waals surface area contributed by atoms with Crippen LogP contribution in [0.1, 0.15) is 11.1 Å². The Bertz CT molecular complexity index is 489. The molecule has 0 amide bonds. The molecule has 0 spiro atoms. The fourth-order valence-electron chi connectivity index (χ4n) is 1.11. The number of nitriles is 1. The van der Waals surface area contributed by atoms with Crippen molar-refractivity contribution in [2.75, 3.05) is 5.88 Å². The second-order valence-corrected chi connectivity index (χ2v) is 3.35. The summed E-state index contributed by atoms with van der Waals surface area (Å²) in [6, 6.07) is 4.67. The third-order valence-corrected chi connectivity index (χ3v) is 2.11. The molecule has 0 atom stereocenters. The van der Waals surface area contributed by atoms with Gasteiger partial charge >= 0.3 is 6.18 Å². The van der Waals surface area contributed by atoms with Gasteiger partial charge in [0, 0.05) is 0 Å². The molecule has 0 aliphatic heterocycles. The predicted octanol–water partition coefficient (Wildman–Crippen LogP) is 2.80. The van der Waals surface area contributed by atoms with Gasteiger partial charge in [-0.2, -0.15) is 18.4 Å². The Hall–Kier alpha value is -1.74. The molecule has 0 radical (unpaired) electrons. The molecule has 0 heterocycles. The zero-order chi connectivity index (χ0) is 13.1. The lowest BCUT2D eigenvalue weighted by molar-refractivity contribution is -0.137. The SMILES string of the molecule is N#Cc1ccc(N=C(N)CCl)c(C(F)(F)F)c1. The molecule has 0 aromatic heterocycles. The van der Waals surface area contributed by atoms with Crippen molar-refractivity contribution >= 4 is 23.1 Å². The van der Waals surface area contributed by atoms with E-state index in [1.807, 2.05) is 0 Å². The van der Waals surface area contributed by atoms with Crippen LogP contribution in [0.3, 0.4) is 0 Å². The largest absolute Gasteiger partial charge is 0.418 e. The summed E-state index contributed by atoms with van der Waals surface area (Å²) in [5.74, 6) is -0.293. The molecule has 0 fully saturated rings. The number of nitrogens with two attached hydrogens (primary N) is 1. The van der Waals surface area contributed by atoms with Crippen LogP contribution in [0, 0.1) is 11.3 Å². The van der Waals surface area contributed by atoms with Crippen molar-refractivity contribution in [1.82, 2.24) is 0 Å². The van der Waals surface area contributed by atoms with Gasteiger partial charge in [0.15, 0.2) is 0 Å². The first-order valence-corrected chi connectivity index (χ1v) is 4.92. The van der Waals surface area contributed by atoms with E-state index in [-0.39, 0.29) is 23.0 Å². The molecule has 0 saturated carbocycles. The van der Waals surface area contributed by atoms with E-state index >= 15 is 0 Å². The van der Waals surface area contributed by atoms with Crippen LogP contribution >= 0.6 is 11.6 Å². The number of alkyl halides is 4. The van der Waals surface area contributed by atoms with E-state index < -0.39 is 11.7 Å². The van der Waals surface area contributed by atoms with Gasteiger partial charge in [-0.25, -0.2) is 4.99 Å². The van der Waals surface area contributed by atoms with E-state index in [1.54, 1.807) is 6.07 Å². The summed E-state index contributed by atoms with van der Waals surface area (Å²) in [6.45, 7) is 0. The Labute approximate surface area is 100 Å². The van der Waals surface area contributed by atoms with Crippen LogP contribution in [0.2, 0.25) is 0 Å². The van der Waals surface area contributed by atoms with E-state index in [0.29, 0.717) is 0 Å². The van der Waals surface area contributed by atoms with E-state index in [2.05, 4.69) is 4.99 Å². The number of hydrogen-bond donors (Lipinski definition) is 1. The molecule has 17 heavy (non-hydrogen) atoms. The summed E-state index contributed by atoms with van der Waals surface area (Å²) in [7, 11) is 0. The Kier molecular flexibility index (Phi) is 3.97. The van der Waals surface area contributed by atoms with Gasteiger partial charge in [-0.05, 0) is 18.2 Å². The van der Waals surface area contributed by atoms with Crippen molar-refractivity contribution in [2.45, 2.75) is 6.18 Å². The minimum atomic E-state index is -4.60. The van der Waals surface area contributed by atoms with Gasteiger partial charge in [0.05, 0.1) is 28.8 Å². The van der Waals surface area contributed by atoms with Crippen LogP contribution in [0.15, 0.2) is 23.2 Å². The number of halogens is 4. The number of rotatable bonds is 2. The fraction of sp³-hybridized carbons (Fsp3) is 0.200. The lowest BCUT2D eigenvalue weighted by Crippen LogP contribution is -2.13. The highest BCUT2D eigenvalue weighted by Gasteiger charge is 2.33. The highest BCUT2D eigenvalue weighted by atomic mass is 35.5. The second kappa shape index (κ2) is 5.06. The zero-order valence-electron chi connectivity index (χ0n) is 8.42. The minimum Gasteiger partial charge on any atom is -0.386 e. The maximum absolute atomic E-state index is 12.7. The lowest BCUT2D eigenvalue weighted by atomic mass is 10.1. The third-order valence-electron chi connectivity index (χ3n) is 1.83. The molecule has 0 aliphatic rings. The highest BCUT2D eigenvalue weighted by Crippen LogP contribution is 2.36. The van der Waals surface area contributed by atoms with Crippen LogP contribution in [-0.4, -0.2) is 11.7 Å². The van der Waals surface area contributed by atoms with Gasteiger partial charge < -0.3 is 5.73 Å². The number of nitrogens with zero attached hydrogens (tertiary/aromatic N) is 2. The average molecular weight is 262 g/mol. The maximum Gasteiger partial charge on any atom is 0.418 e. The number of aliphatic imine (C=N–C) groups is 1. The Morgan fingerprint density at radius 1 is 1.47 bits per heavy atom. The first-order valence-electron chi connectivity index (χ1n) is 4.39. The molecule has 1 rings (SSSR count). The molecule has 0 unspecified atom stereocenters. The lowest BCUT2D eigenvalue weighted by Gasteiger charge is -2.10. The van der Waals surface area contributed by atoms with Gasteiger partial charge in [0.2, 0.25) is 0 Å². The van der Waals surface area contributed by atoms with Crippen LogP contribution in [0.5, 0.6) is 0 Å². The van der Waals surface area contributed by atoms with Crippen LogP contribution < -0.4 is 5.73 Å².